The summed E-state index contributed by atoms with van der Waals surface area (Å²) in [5.74, 6) is -0.0945. The van der Waals surface area contributed by atoms with Gasteiger partial charge in [0.1, 0.15) is 11.6 Å². The summed E-state index contributed by atoms with van der Waals surface area (Å²) in [7, 11) is 0. The third kappa shape index (κ3) is 2.65. The van der Waals surface area contributed by atoms with Crippen LogP contribution in [0.5, 0.6) is 0 Å². The van der Waals surface area contributed by atoms with Gasteiger partial charge in [0.05, 0.1) is 6.20 Å². The number of hydrogen-bond acceptors (Lipinski definition) is 2. The molecule has 0 bridgehead atoms. The standard InChI is InChI=1S/C14H16FN3O/c1-4-18-13(10(3)8-16-18)17-14(19)12-7-11(15)6-5-9(12)2/h5-8H,4H2,1-3H3,(H,17,19). The van der Waals surface area contributed by atoms with E-state index in [0.717, 1.165) is 11.1 Å². The summed E-state index contributed by atoms with van der Waals surface area (Å²) >= 11 is 0. The van der Waals surface area contributed by atoms with Crippen molar-refractivity contribution < 1.29 is 9.18 Å². The Balaban J connectivity index is 2.30. The second-order valence-electron chi connectivity index (χ2n) is 4.41. The van der Waals surface area contributed by atoms with Gasteiger partial charge in [0.2, 0.25) is 0 Å². The van der Waals surface area contributed by atoms with Crippen molar-refractivity contribution >= 4 is 11.7 Å². The van der Waals surface area contributed by atoms with E-state index in [2.05, 4.69) is 10.4 Å². The van der Waals surface area contributed by atoms with E-state index in [1.165, 1.54) is 12.1 Å². The van der Waals surface area contributed by atoms with Gasteiger partial charge in [-0.05, 0) is 38.5 Å². The molecule has 0 saturated carbocycles. The monoisotopic (exact) mass is 261 g/mol. The lowest BCUT2D eigenvalue weighted by Crippen LogP contribution is -2.17. The minimum atomic E-state index is -0.420. The molecule has 1 N–H and O–H groups in total. The van der Waals surface area contributed by atoms with E-state index in [-0.39, 0.29) is 5.91 Å². The van der Waals surface area contributed by atoms with Crippen molar-refractivity contribution in [2.75, 3.05) is 5.32 Å². The van der Waals surface area contributed by atoms with Crippen molar-refractivity contribution in [2.24, 2.45) is 0 Å². The highest BCUT2D eigenvalue weighted by Crippen LogP contribution is 2.17. The van der Waals surface area contributed by atoms with E-state index < -0.39 is 5.82 Å². The van der Waals surface area contributed by atoms with E-state index in [1.54, 1.807) is 23.9 Å². The summed E-state index contributed by atoms with van der Waals surface area (Å²) in [4.78, 5) is 12.2. The van der Waals surface area contributed by atoms with Gasteiger partial charge in [-0.2, -0.15) is 5.10 Å². The number of rotatable bonds is 3. The Labute approximate surface area is 111 Å². The molecule has 5 heteroatoms. The molecule has 1 amide bonds. The molecule has 19 heavy (non-hydrogen) atoms. The average Bonchev–Trinajstić information content (AvgIpc) is 2.73. The summed E-state index contributed by atoms with van der Waals surface area (Å²) < 4.78 is 14.9. The number of anilines is 1. The van der Waals surface area contributed by atoms with Gasteiger partial charge >= 0.3 is 0 Å². The molecule has 1 aromatic heterocycles. The zero-order valence-corrected chi connectivity index (χ0v) is 11.2. The molecule has 1 aromatic carbocycles. The number of halogens is 1. The van der Waals surface area contributed by atoms with Crippen LogP contribution in [-0.2, 0) is 6.54 Å². The van der Waals surface area contributed by atoms with Crippen LogP contribution in [0.2, 0.25) is 0 Å². The van der Waals surface area contributed by atoms with E-state index in [4.69, 9.17) is 0 Å². The summed E-state index contributed by atoms with van der Waals surface area (Å²) in [5.41, 5.74) is 1.95. The molecule has 0 fully saturated rings. The van der Waals surface area contributed by atoms with Crippen LogP contribution in [0.15, 0.2) is 24.4 Å². The van der Waals surface area contributed by atoms with Gasteiger partial charge in [-0.3, -0.25) is 4.79 Å². The predicted octanol–water partition coefficient (Wildman–Crippen LogP) is 2.91. The first kappa shape index (κ1) is 13.3. The van der Waals surface area contributed by atoms with Crippen LogP contribution in [0, 0.1) is 19.7 Å². The minimum Gasteiger partial charge on any atom is -0.307 e. The molecule has 0 unspecified atom stereocenters. The molecule has 1 heterocycles. The van der Waals surface area contributed by atoms with Crippen LogP contribution in [-0.4, -0.2) is 15.7 Å². The fourth-order valence-corrected chi connectivity index (χ4v) is 1.90. The first-order valence-electron chi connectivity index (χ1n) is 6.12. The molecule has 100 valence electrons. The van der Waals surface area contributed by atoms with Crippen LogP contribution >= 0.6 is 0 Å². The Bertz CT molecular complexity index is 619. The number of nitrogens with one attached hydrogen (secondary N) is 1. The van der Waals surface area contributed by atoms with Crippen molar-refractivity contribution in [3.63, 3.8) is 0 Å². The molecule has 0 atom stereocenters. The highest BCUT2D eigenvalue weighted by molar-refractivity contribution is 6.05. The minimum absolute atomic E-state index is 0.324. The van der Waals surface area contributed by atoms with Gasteiger partial charge in [-0.1, -0.05) is 6.07 Å². The topological polar surface area (TPSA) is 46.9 Å². The normalized spacial score (nSPS) is 10.5. The SMILES string of the molecule is CCn1ncc(C)c1NC(=O)c1cc(F)ccc1C. The third-order valence-corrected chi connectivity index (χ3v) is 3.00. The molecule has 2 rings (SSSR count). The lowest BCUT2D eigenvalue weighted by molar-refractivity contribution is 0.102. The number of aryl methyl sites for hydroxylation is 3. The number of aromatic nitrogens is 2. The van der Waals surface area contributed by atoms with E-state index in [9.17, 15) is 9.18 Å². The third-order valence-electron chi connectivity index (χ3n) is 3.00. The Morgan fingerprint density at radius 1 is 1.37 bits per heavy atom. The van der Waals surface area contributed by atoms with Crippen LogP contribution in [0.4, 0.5) is 10.2 Å². The molecule has 0 radical (unpaired) electrons. The summed E-state index contributed by atoms with van der Waals surface area (Å²) in [6.07, 6.45) is 1.69. The largest absolute Gasteiger partial charge is 0.307 e. The molecular weight excluding hydrogens is 245 g/mol. The fraction of sp³-hybridized carbons (Fsp3) is 0.286. The first-order chi connectivity index (χ1) is 9.02. The maximum Gasteiger partial charge on any atom is 0.257 e. The summed E-state index contributed by atoms with van der Waals surface area (Å²) in [6, 6.07) is 4.18. The average molecular weight is 261 g/mol. The Morgan fingerprint density at radius 2 is 2.11 bits per heavy atom. The van der Waals surface area contributed by atoms with Gasteiger partial charge in [-0.25, -0.2) is 9.07 Å². The number of hydrogen-bond donors (Lipinski definition) is 1. The van der Waals surface area contributed by atoms with Crippen LogP contribution in [0.3, 0.4) is 0 Å². The molecule has 0 aliphatic carbocycles. The number of carbonyl (C=O) groups excluding carboxylic acids is 1. The number of benzene rings is 1. The second kappa shape index (κ2) is 5.22. The lowest BCUT2D eigenvalue weighted by Gasteiger charge is -2.10. The van der Waals surface area contributed by atoms with Crippen molar-refractivity contribution in [1.29, 1.82) is 0 Å². The van der Waals surface area contributed by atoms with E-state index >= 15 is 0 Å². The van der Waals surface area contributed by atoms with Gasteiger partial charge in [0, 0.05) is 17.7 Å². The maximum absolute atomic E-state index is 13.2. The van der Waals surface area contributed by atoms with Crippen LogP contribution in [0.25, 0.3) is 0 Å². The Kier molecular flexibility index (Phi) is 3.64. The Hall–Kier alpha value is -2.17. The van der Waals surface area contributed by atoms with E-state index in [1.807, 2.05) is 13.8 Å². The lowest BCUT2D eigenvalue weighted by atomic mass is 10.1. The van der Waals surface area contributed by atoms with Gasteiger partial charge < -0.3 is 5.32 Å². The second-order valence-corrected chi connectivity index (χ2v) is 4.41. The van der Waals surface area contributed by atoms with Crippen molar-refractivity contribution in [3.8, 4) is 0 Å². The molecule has 0 aliphatic heterocycles. The van der Waals surface area contributed by atoms with Crippen LogP contribution < -0.4 is 5.32 Å². The number of carbonyl (C=O) groups is 1. The molecular formula is C14H16FN3O. The van der Waals surface area contributed by atoms with Gasteiger partial charge in [0.15, 0.2) is 0 Å². The molecule has 2 aromatic rings. The Morgan fingerprint density at radius 3 is 2.79 bits per heavy atom. The van der Waals surface area contributed by atoms with Gasteiger partial charge in [0.25, 0.3) is 5.91 Å². The molecule has 0 saturated heterocycles. The zero-order chi connectivity index (χ0) is 14.0. The molecule has 0 spiro atoms. The quantitative estimate of drug-likeness (QED) is 0.923. The molecule has 0 aliphatic rings. The van der Waals surface area contributed by atoms with Crippen molar-refractivity contribution in [2.45, 2.75) is 27.3 Å². The van der Waals surface area contributed by atoms with Gasteiger partial charge in [-0.15, -0.1) is 0 Å². The van der Waals surface area contributed by atoms with Crippen molar-refractivity contribution in [3.05, 3.63) is 46.9 Å². The van der Waals surface area contributed by atoms with Crippen molar-refractivity contribution in [1.82, 2.24) is 9.78 Å². The zero-order valence-electron chi connectivity index (χ0n) is 11.2. The highest BCUT2D eigenvalue weighted by atomic mass is 19.1. The number of nitrogens with zero attached hydrogens (tertiary/aromatic N) is 2. The predicted molar refractivity (Wildman–Crippen MR) is 71.7 cm³/mol. The number of amides is 1. The summed E-state index contributed by atoms with van der Waals surface area (Å²) in [5, 5.41) is 6.94. The van der Waals surface area contributed by atoms with Crippen LogP contribution in [0.1, 0.15) is 28.4 Å². The molecule has 4 nitrogen and oxygen atoms in total. The smallest absolute Gasteiger partial charge is 0.257 e. The highest BCUT2D eigenvalue weighted by Gasteiger charge is 2.14. The maximum atomic E-state index is 13.2. The van der Waals surface area contributed by atoms with E-state index in [0.29, 0.717) is 17.9 Å². The summed E-state index contributed by atoms with van der Waals surface area (Å²) in [6.45, 7) is 6.24. The first-order valence-corrected chi connectivity index (χ1v) is 6.12. The fourth-order valence-electron chi connectivity index (χ4n) is 1.90.